The van der Waals surface area contributed by atoms with Gasteiger partial charge in [-0.1, -0.05) is 24.3 Å². The van der Waals surface area contributed by atoms with Crippen molar-refractivity contribution in [2.24, 2.45) is 0 Å². The molecule has 3 aromatic rings. The minimum atomic E-state index is -3.94. The average Bonchev–Trinajstić information content (AvgIpc) is 3.46. The van der Waals surface area contributed by atoms with Gasteiger partial charge in [0.2, 0.25) is 15.9 Å². The van der Waals surface area contributed by atoms with Gasteiger partial charge in [-0.25, -0.2) is 17.8 Å². The lowest BCUT2D eigenvalue weighted by molar-refractivity contribution is -0.121. The Morgan fingerprint density at radius 1 is 1.18 bits per heavy atom. The molecule has 2 aromatic carbocycles. The zero-order valence-corrected chi connectivity index (χ0v) is 21.2. The second-order valence-electron chi connectivity index (χ2n) is 8.67. The fraction of sp³-hybridized carbons (Fsp3) is 0.417. The van der Waals surface area contributed by atoms with E-state index >= 15 is 0 Å². The SMILES string of the molecule is CCc1ccc2nc(N(CCN(C)C)C(=O)C3CCCN3S(=O)(=O)c3ccc(F)cc3)sc2c1. The lowest BCUT2D eigenvalue weighted by atomic mass is 10.2. The molecule has 7 nitrogen and oxygen atoms in total. The van der Waals surface area contributed by atoms with Crippen LogP contribution in [0.5, 0.6) is 0 Å². The maximum absolute atomic E-state index is 13.8. The highest BCUT2D eigenvalue weighted by Crippen LogP contribution is 2.33. The molecule has 1 aromatic heterocycles. The minimum Gasteiger partial charge on any atom is -0.308 e. The maximum atomic E-state index is 13.8. The summed E-state index contributed by atoms with van der Waals surface area (Å²) in [4.78, 5) is 22.1. The number of anilines is 1. The third-order valence-electron chi connectivity index (χ3n) is 6.03. The van der Waals surface area contributed by atoms with Gasteiger partial charge in [-0.2, -0.15) is 4.31 Å². The summed E-state index contributed by atoms with van der Waals surface area (Å²) in [6, 6.07) is 9.99. The van der Waals surface area contributed by atoms with Crippen LogP contribution in [0.2, 0.25) is 0 Å². The zero-order chi connectivity index (χ0) is 24.5. The number of thiazole rings is 1. The van der Waals surface area contributed by atoms with E-state index in [9.17, 15) is 17.6 Å². The molecule has 0 N–H and O–H groups in total. The van der Waals surface area contributed by atoms with Crippen LogP contribution in [-0.2, 0) is 21.2 Å². The second-order valence-corrected chi connectivity index (χ2v) is 11.6. The normalized spacial score (nSPS) is 17.0. The number of carbonyl (C=O) groups is 1. The van der Waals surface area contributed by atoms with Crippen molar-refractivity contribution >= 4 is 42.6 Å². The van der Waals surface area contributed by atoms with Gasteiger partial charge in [0.25, 0.3) is 0 Å². The lowest BCUT2D eigenvalue weighted by Gasteiger charge is -2.29. The predicted molar refractivity (Wildman–Crippen MR) is 133 cm³/mol. The molecule has 2 heterocycles. The first kappa shape index (κ1) is 24.7. The third kappa shape index (κ3) is 5.00. The van der Waals surface area contributed by atoms with Crippen LogP contribution in [0, 0.1) is 5.82 Å². The Hall–Kier alpha value is -2.40. The third-order valence-corrected chi connectivity index (χ3v) is 8.99. The van der Waals surface area contributed by atoms with E-state index in [1.54, 1.807) is 4.90 Å². The number of hydrogen-bond acceptors (Lipinski definition) is 6. The molecule has 182 valence electrons. The van der Waals surface area contributed by atoms with Gasteiger partial charge in [-0.3, -0.25) is 9.69 Å². The number of carbonyl (C=O) groups excluding carboxylic acids is 1. The number of nitrogens with zero attached hydrogens (tertiary/aromatic N) is 4. The fourth-order valence-electron chi connectivity index (χ4n) is 4.09. The average molecular weight is 505 g/mol. The summed E-state index contributed by atoms with van der Waals surface area (Å²) in [6.45, 7) is 3.34. The Morgan fingerprint density at radius 3 is 2.59 bits per heavy atom. The van der Waals surface area contributed by atoms with Crippen LogP contribution in [0.15, 0.2) is 47.4 Å². The van der Waals surface area contributed by atoms with Gasteiger partial charge in [-0.05, 0) is 75.3 Å². The van der Waals surface area contributed by atoms with E-state index in [1.165, 1.54) is 33.3 Å². The molecule has 1 saturated heterocycles. The Morgan fingerprint density at radius 2 is 1.91 bits per heavy atom. The number of aromatic nitrogens is 1. The number of halogens is 1. The molecule has 0 spiro atoms. The summed E-state index contributed by atoms with van der Waals surface area (Å²) in [7, 11) is -0.0865. The molecule has 1 atom stereocenters. The number of aryl methyl sites for hydroxylation is 1. The molecule has 34 heavy (non-hydrogen) atoms. The first-order chi connectivity index (χ1) is 16.2. The summed E-state index contributed by atoms with van der Waals surface area (Å²) in [5.41, 5.74) is 2.02. The molecule has 4 rings (SSSR count). The van der Waals surface area contributed by atoms with Gasteiger partial charge in [-0.15, -0.1) is 0 Å². The van der Waals surface area contributed by atoms with Crippen molar-refractivity contribution in [2.75, 3.05) is 38.6 Å². The first-order valence-corrected chi connectivity index (χ1v) is 13.6. The van der Waals surface area contributed by atoms with E-state index in [1.807, 2.05) is 31.1 Å². The van der Waals surface area contributed by atoms with Crippen LogP contribution >= 0.6 is 11.3 Å². The number of amides is 1. The van der Waals surface area contributed by atoms with Crippen molar-refractivity contribution in [1.82, 2.24) is 14.2 Å². The van der Waals surface area contributed by atoms with Crippen molar-refractivity contribution < 1.29 is 17.6 Å². The molecule has 0 aliphatic carbocycles. The van der Waals surface area contributed by atoms with Gasteiger partial charge >= 0.3 is 0 Å². The molecular formula is C24H29FN4O3S2. The number of rotatable bonds is 8. The van der Waals surface area contributed by atoms with Crippen LogP contribution in [0.25, 0.3) is 10.2 Å². The van der Waals surface area contributed by atoms with Crippen LogP contribution < -0.4 is 4.90 Å². The lowest BCUT2D eigenvalue weighted by Crippen LogP contribution is -2.49. The predicted octanol–water partition coefficient (Wildman–Crippen LogP) is 3.75. The van der Waals surface area contributed by atoms with Crippen LogP contribution in [0.4, 0.5) is 9.52 Å². The highest BCUT2D eigenvalue weighted by molar-refractivity contribution is 7.89. The molecule has 0 saturated carbocycles. The quantitative estimate of drug-likeness (QED) is 0.467. The van der Waals surface area contributed by atoms with Crippen molar-refractivity contribution in [3.8, 4) is 0 Å². The van der Waals surface area contributed by atoms with Crippen LogP contribution in [0.3, 0.4) is 0 Å². The first-order valence-electron chi connectivity index (χ1n) is 11.3. The van der Waals surface area contributed by atoms with Gasteiger partial charge in [0.15, 0.2) is 5.13 Å². The number of sulfonamides is 1. The maximum Gasteiger partial charge on any atom is 0.247 e. The Kier molecular flexibility index (Phi) is 7.32. The number of benzene rings is 2. The van der Waals surface area contributed by atoms with Gasteiger partial charge in [0.05, 0.1) is 15.1 Å². The number of hydrogen-bond donors (Lipinski definition) is 0. The molecular weight excluding hydrogens is 475 g/mol. The molecule has 1 aliphatic rings. The molecule has 10 heteroatoms. The molecule has 1 amide bonds. The summed E-state index contributed by atoms with van der Waals surface area (Å²) in [6.07, 6.45) is 1.92. The fourth-order valence-corrected chi connectivity index (χ4v) is 6.80. The topological polar surface area (TPSA) is 73.8 Å². The smallest absolute Gasteiger partial charge is 0.247 e. The summed E-state index contributed by atoms with van der Waals surface area (Å²) in [5.74, 6) is -0.787. The minimum absolute atomic E-state index is 0.0134. The number of likely N-dealkylation sites (N-methyl/N-ethyl adjacent to an activating group) is 1. The van der Waals surface area contributed by atoms with Crippen molar-refractivity contribution in [3.63, 3.8) is 0 Å². The van der Waals surface area contributed by atoms with E-state index in [-0.39, 0.29) is 17.3 Å². The van der Waals surface area contributed by atoms with Crippen LogP contribution in [0.1, 0.15) is 25.3 Å². The van der Waals surface area contributed by atoms with Gasteiger partial charge in [0.1, 0.15) is 11.9 Å². The monoisotopic (exact) mass is 504 g/mol. The largest absolute Gasteiger partial charge is 0.308 e. The van der Waals surface area contributed by atoms with E-state index < -0.39 is 21.9 Å². The van der Waals surface area contributed by atoms with E-state index in [4.69, 9.17) is 4.98 Å². The van der Waals surface area contributed by atoms with Crippen molar-refractivity contribution in [2.45, 2.75) is 37.1 Å². The summed E-state index contributed by atoms with van der Waals surface area (Å²) >= 11 is 1.45. The highest BCUT2D eigenvalue weighted by atomic mass is 32.2. The Balaban J connectivity index is 1.67. The van der Waals surface area contributed by atoms with E-state index in [0.717, 1.165) is 28.8 Å². The van der Waals surface area contributed by atoms with Gasteiger partial charge in [0, 0.05) is 19.6 Å². The van der Waals surface area contributed by atoms with E-state index in [2.05, 4.69) is 13.0 Å². The zero-order valence-electron chi connectivity index (χ0n) is 19.6. The van der Waals surface area contributed by atoms with Crippen LogP contribution in [-0.4, -0.2) is 68.3 Å². The van der Waals surface area contributed by atoms with Gasteiger partial charge < -0.3 is 4.90 Å². The number of fused-ring (bicyclic) bond motifs is 1. The van der Waals surface area contributed by atoms with E-state index in [0.29, 0.717) is 31.1 Å². The second kappa shape index (κ2) is 10.1. The summed E-state index contributed by atoms with van der Waals surface area (Å²) < 4.78 is 42.2. The Bertz CT molecular complexity index is 1280. The molecule has 1 fully saturated rings. The highest BCUT2D eigenvalue weighted by Gasteiger charge is 2.42. The Labute approximate surface area is 203 Å². The molecule has 0 radical (unpaired) electrons. The molecule has 0 bridgehead atoms. The standard InChI is InChI=1S/C24H29FN4O3S2/c1-4-17-7-12-20-22(16-17)33-24(26-20)28(15-14-27(2)3)23(30)21-6-5-13-29(21)34(31,32)19-10-8-18(25)9-11-19/h7-12,16,21H,4-6,13-15H2,1-3H3. The van der Waals surface area contributed by atoms with Crippen molar-refractivity contribution in [3.05, 3.63) is 53.8 Å². The molecule has 1 aliphatic heterocycles. The molecule has 1 unspecified atom stereocenters. The summed E-state index contributed by atoms with van der Waals surface area (Å²) in [5, 5.41) is 0.570. The van der Waals surface area contributed by atoms with Crippen molar-refractivity contribution in [1.29, 1.82) is 0 Å².